The maximum atomic E-state index is 12.8. The molecular weight excluding hydrogens is 338 g/mol. The summed E-state index contributed by atoms with van der Waals surface area (Å²) in [7, 11) is 0. The second-order valence-electron chi connectivity index (χ2n) is 5.39. The number of aromatic amines is 1. The summed E-state index contributed by atoms with van der Waals surface area (Å²) >= 11 is 5.92. The van der Waals surface area contributed by atoms with E-state index in [4.69, 9.17) is 16.3 Å². The fourth-order valence-corrected chi connectivity index (χ4v) is 2.65. The van der Waals surface area contributed by atoms with Crippen molar-refractivity contribution in [1.82, 2.24) is 4.98 Å². The average molecular weight is 354 g/mol. The zero-order chi connectivity index (χ0) is 17.8. The van der Waals surface area contributed by atoms with Crippen LogP contribution in [0.1, 0.15) is 33.3 Å². The molecule has 0 spiro atoms. The lowest BCUT2D eigenvalue weighted by molar-refractivity contribution is 0.0523. The Bertz CT molecular complexity index is 898. The number of H-pyrrole nitrogens is 1. The predicted octanol–water partition coefficient (Wildman–Crippen LogP) is 4.74. The van der Waals surface area contributed by atoms with E-state index < -0.39 is 5.97 Å². The van der Waals surface area contributed by atoms with Crippen LogP contribution < -0.4 is 0 Å². The second kappa shape index (κ2) is 7.36. The number of rotatable bonds is 5. The van der Waals surface area contributed by atoms with Gasteiger partial charge in [0.05, 0.1) is 12.2 Å². The number of hydrogen-bond acceptors (Lipinski definition) is 3. The summed E-state index contributed by atoms with van der Waals surface area (Å²) in [5, 5.41) is 0.613. The van der Waals surface area contributed by atoms with Crippen LogP contribution in [0.2, 0.25) is 5.02 Å². The van der Waals surface area contributed by atoms with Crippen LogP contribution in [0.15, 0.2) is 60.7 Å². The van der Waals surface area contributed by atoms with Gasteiger partial charge in [-0.2, -0.15) is 0 Å². The Morgan fingerprint density at radius 3 is 2.36 bits per heavy atom. The molecule has 1 aromatic heterocycles. The monoisotopic (exact) mass is 353 g/mol. The lowest BCUT2D eigenvalue weighted by atomic mass is 10.1. The van der Waals surface area contributed by atoms with Gasteiger partial charge in [0, 0.05) is 16.3 Å². The average Bonchev–Trinajstić information content (AvgIpc) is 3.08. The smallest absolute Gasteiger partial charge is 0.340 e. The van der Waals surface area contributed by atoms with Crippen LogP contribution in [0.3, 0.4) is 0 Å². The highest BCUT2D eigenvalue weighted by molar-refractivity contribution is 6.30. The summed E-state index contributed by atoms with van der Waals surface area (Å²) in [5.41, 5.74) is 2.41. The number of hydrogen-bond donors (Lipinski definition) is 1. The number of benzene rings is 2. The standard InChI is InChI=1S/C20H16ClNO3/c1-2-25-20(24)16-12-17(13-8-10-15(21)11-9-13)22-18(16)19(23)14-6-4-3-5-7-14/h3-12,22H,2H2,1H3. The summed E-state index contributed by atoms with van der Waals surface area (Å²) in [6.07, 6.45) is 0. The first kappa shape index (κ1) is 17.0. The van der Waals surface area contributed by atoms with Crippen LogP contribution >= 0.6 is 11.6 Å². The van der Waals surface area contributed by atoms with Crippen molar-refractivity contribution < 1.29 is 14.3 Å². The first-order chi connectivity index (χ1) is 12.1. The van der Waals surface area contributed by atoms with E-state index in [0.29, 0.717) is 16.3 Å². The van der Waals surface area contributed by atoms with Gasteiger partial charge in [0.1, 0.15) is 5.69 Å². The summed E-state index contributed by atoms with van der Waals surface area (Å²) in [4.78, 5) is 28.2. The Hall–Kier alpha value is -2.85. The largest absolute Gasteiger partial charge is 0.462 e. The van der Waals surface area contributed by atoms with Crippen LogP contribution in [0, 0.1) is 0 Å². The maximum Gasteiger partial charge on any atom is 0.340 e. The van der Waals surface area contributed by atoms with Crippen molar-refractivity contribution in [2.45, 2.75) is 6.92 Å². The molecule has 3 rings (SSSR count). The van der Waals surface area contributed by atoms with E-state index in [2.05, 4.69) is 4.98 Å². The number of carbonyl (C=O) groups is 2. The molecule has 2 aromatic carbocycles. The number of halogens is 1. The highest BCUT2D eigenvalue weighted by atomic mass is 35.5. The van der Waals surface area contributed by atoms with E-state index in [1.807, 2.05) is 18.2 Å². The number of esters is 1. The third kappa shape index (κ3) is 3.64. The fourth-order valence-electron chi connectivity index (χ4n) is 2.52. The Kier molecular flexibility index (Phi) is 5.00. The molecule has 0 aliphatic heterocycles. The number of ketones is 1. The molecule has 0 amide bonds. The number of carbonyl (C=O) groups excluding carboxylic acids is 2. The van der Waals surface area contributed by atoms with E-state index in [9.17, 15) is 9.59 Å². The van der Waals surface area contributed by atoms with Gasteiger partial charge in [-0.05, 0) is 30.7 Å². The predicted molar refractivity (Wildman–Crippen MR) is 97.1 cm³/mol. The Morgan fingerprint density at radius 2 is 1.72 bits per heavy atom. The lowest BCUT2D eigenvalue weighted by Gasteiger charge is -2.03. The van der Waals surface area contributed by atoms with Gasteiger partial charge in [-0.25, -0.2) is 4.79 Å². The molecule has 0 bridgehead atoms. The van der Waals surface area contributed by atoms with Crippen molar-refractivity contribution in [3.8, 4) is 11.3 Å². The van der Waals surface area contributed by atoms with Crippen LogP contribution in [0.5, 0.6) is 0 Å². The molecule has 25 heavy (non-hydrogen) atoms. The molecule has 0 atom stereocenters. The van der Waals surface area contributed by atoms with Gasteiger partial charge in [-0.15, -0.1) is 0 Å². The van der Waals surface area contributed by atoms with Gasteiger partial charge in [0.15, 0.2) is 0 Å². The third-order valence-electron chi connectivity index (χ3n) is 3.73. The van der Waals surface area contributed by atoms with Gasteiger partial charge in [0.2, 0.25) is 5.78 Å². The van der Waals surface area contributed by atoms with Gasteiger partial charge in [0.25, 0.3) is 0 Å². The Balaban J connectivity index is 2.07. The molecular formula is C20H16ClNO3. The second-order valence-corrected chi connectivity index (χ2v) is 5.83. The molecule has 0 unspecified atom stereocenters. The van der Waals surface area contributed by atoms with Gasteiger partial charge in [-0.3, -0.25) is 4.79 Å². The van der Waals surface area contributed by atoms with E-state index in [0.717, 1.165) is 5.56 Å². The van der Waals surface area contributed by atoms with E-state index in [1.165, 1.54) is 0 Å². The van der Waals surface area contributed by atoms with Crippen molar-refractivity contribution in [3.63, 3.8) is 0 Å². The van der Waals surface area contributed by atoms with Crippen molar-refractivity contribution in [2.75, 3.05) is 6.61 Å². The molecule has 0 radical (unpaired) electrons. The van der Waals surface area contributed by atoms with Gasteiger partial charge < -0.3 is 9.72 Å². The maximum absolute atomic E-state index is 12.8. The molecule has 0 fully saturated rings. The number of nitrogens with one attached hydrogen (secondary N) is 1. The summed E-state index contributed by atoms with van der Waals surface area (Å²) in [5.74, 6) is -0.790. The lowest BCUT2D eigenvalue weighted by Crippen LogP contribution is -2.11. The van der Waals surface area contributed by atoms with Crippen molar-refractivity contribution >= 4 is 23.4 Å². The minimum absolute atomic E-state index is 0.217. The molecule has 0 aliphatic rings. The normalized spacial score (nSPS) is 10.5. The zero-order valence-electron chi connectivity index (χ0n) is 13.6. The summed E-state index contributed by atoms with van der Waals surface area (Å²) in [6.45, 7) is 1.96. The van der Waals surface area contributed by atoms with E-state index in [-0.39, 0.29) is 23.6 Å². The van der Waals surface area contributed by atoms with Gasteiger partial charge >= 0.3 is 5.97 Å². The zero-order valence-corrected chi connectivity index (χ0v) is 14.3. The Labute approximate surface area is 150 Å². The molecule has 0 saturated heterocycles. The molecule has 126 valence electrons. The minimum Gasteiger partial charge on any atom is -0.462 e. The molecule has 5 heteroatoms. The van der Waals surface area contributed by atoms with Crippen LogP contribution in [0.25, 0.3) is 11.3 Å². The van der Waals surface area contributed by atoms with E-state index >= 15 is 0 Å². The first-order valence-electron chi connectivity index (χ1n) is 7.86. The van der Waals surface area contributed by atoms with Crippen LogP contribution in [-0.4, -0.2) is 23.3 Å². The Morgan fingerprint density at radius 1 is 1.04 bits per heavy atom. The fraction of sp³-hybridized carbons (Fsp3) is 0.100. The van der Waals surface area contributed by atoms with Crippen molar-refractivity contribution in [3.05, 3.63) is 82.5 Å². The SMILES string of the molecule is CCOC(=O)c1cc(-c2ccc(Cl)cc2)[nH]c1C(=O)c1ccccc1. The highest BCUT2D eigenvalue weighted by Gasteiger charge is 2.23. The molecule has 4 nitrogen and oxygen atoms in total. The number of ether oxygens (including phenoxy) is 1. The van der Waals surface area contributed by atoms with Gasteiger partial charge in [-0.1, -0.05) is 54.1 Å². The molecule has 3 aromatic rings. The topological polar surface area (TPSA) is 59.2 Å². The summed E-state index contributed by atoms with van der Waals surface area (Å²) < 4.78 is 5.09. The van der Waals surface area contributed by atoms with Crippen LogP contribution in [0.4, 0.5) is 0 Å². The quantitative estimate of drug-likeness (QED) is 0.532. The number of aromatic nitrogens is 1. The minimum atomic E-state index is -0.529. The van der Waals surface area contributed by atoms with Crippen molar-refractivity contribution in [1.29, 1.82) is 0 Å². The van der Waals surface area contributed by atoms with E-state index in [1.54, 1.807) is 49.4 Å². The van der Waals surface area contributed by atoms with Crippen molar-refractivity contribution in [2.24, 2.45) is 0 Å². The molecule has 0 saturated carbocycles. The highest BCUT2D eigenvalue weighted by Crippen LogP contribution is 2.25. The third-order valence-corrected chi connectivity index (χ3v) is 3.98. The molecule has 1 heterocycles. The summed E-state index contributed by atoms with van der Waals surface area (Å²) in [6, 6.07) is 17.6. The van der Waals surface area contributed by atoms with Crippen LogP contribution in [-0.2, 0) is 4.74 Å². The molecule has 0 aliphatic carbocycles. The first-order valence-corrected chi connectivity index (χ1v) is 8.23. The molecule has 1 N–H and O–H groups in total.